The van der Waals surface area contributed by atoms with Gasteiger partial charge in [-0.1, -0.05) is 19.3 Å². The van der Waals surface area contributed by atoms with E-state index >= 15 is 0 Å². The highest BCUT2D eigenvalue weighted by atomic mass is 32.2. The molecule has 1 rings (SSSR count). The van der Waals surface area contributed by atoms with Crippen molar-refractivity contribution in [2.45, 2.75) is 57.2 Å². The van der Waals surface area contributed by atoms with Crippen LogP contribution in [0.3, 0.4) is 0 Å². The van der Waals surface area contributed by atoms with Crippen LogP contribution in [0.1, 0.15) is 39.0 Å². The van der Waals surface area contributed by atoms with Gasteiger partial charge < -0.3 is 5.73 Å². The van der Waals surface area contributed by atoms with E-state index in [1.807, 2.05) is 11.8 Å². The maximum Gasteiger partial charge on any atom is 0.0247 e. The lowest BCUT2D eigenvalue weighted by Crippen LogP contribution is -2.49. The van der Waals surface area contributed by atoms with Gasteiger partial charge in [0.2, 0.25) is 0 Å². The van der Waals surface area contributed by atoms with E-state index in [1.165, 1.54) is 37.9 Å². The minimum absolute atomic E-state index is 0.391. The Morgan fingerprint density at radius 1 is 1.33 bits per heavy atom. The van der Waals surface area contributed by atoms with Gasteiger partial charge in [-0.25, -0.2) is 0 Å². The maximum absolute atomic E-state index is 6.27. The lowest BCUT2D eigenvalue weighted by Gasteiger charge is -2.35. The minimum Gasteiger partial charge on any atom is -0.326 e. The summed E-state index contributed by atoms with van der Waals surface area (Å²) in [5.74, 6) is 1.21. The average molecular weight is 230 g/mol. The van der Waals surface area contributed by atoms with Crippen molar-refractivity contribution in [2.75, 3.05) is 19.1 Å². The molecular formula is C12H26N2S. The van der Waals surface area contributed by atoms with Crippen LogP contribution in [0.15, 0.2) is 0 Å². The van der Waals surface area contributed by atoms with Crippen LogP contribution in [-0.4, -0.2) is 42.1 Å². The number of likely N-dealkylation sites (N-methyl/N-ethyl adjacent to an activating group) is 1. The van der Waals surface area contributed by atoms with Crippen molar-refractivity contribution >= 4 is 11.8 Å². The minimum atomic E-state index is 0.391. The van der Waals surface area contributed by atoms with Gasteiger partial charge in [-0.3, -0.25) is 4.90 Å². The molecule has 3 atom stereocenters. The van der Waals surface area contributed by atoms with Crippen LogP contribution in [0.5, 0.6) is 0 Å². The molecule has 0 saturated heterocycles. The molecule has 1 fully saturated rings. The van der Waals surface area contributed by atoms with Crippen LogP contribution in [-0.2, 0) is 0 Å². The Morgan fingerprint density at radius 2 is 2.00 bits per heavy atom. The SMILES string of the molecule is CSCC(C)N(C)C1CCCCCC1N. The van der Waals surface area contributed by atoms with E-state index in [2.05, 4.69) is 25.1 Å². The zero-order chi connectivity index (χ0) is 11.3. The summed E-state index contributed by atoms with van der Waals surface area (Å²) < 4.78 is 0. The van der Waals surface area contributed by atoms with E-state index in [9.17, 15) is 0 Å². The fourth-order valence-electron chi connectivity index (χ4n) is 2.51. The highest BCUT2D eigenvalue weighted by Gasteiger charge is 2.26. The standard InChI is InChI=1S/C12H26N2S/c1-10(9-15-3)14(2)12-8-6-4-5-7-11(12)13/h10-12H,4-9,13H2,1-3H3. The second-order valence-electron chi connectivity index (χ2n) is 4.84. The zero-order valence-corrected chi connectivity index (χ0v) is 11.2. The van der Waals surface area contributed by atoms with Gasteiger partial charge in [-0.2, -0.15) is 11.8 Å². The molecule has 3 heteroatoms. The Bertz CT molecular complexity index is 175. The molecule has 1 aliphatic rings. The predicted molar refractivity (Wildman–Crippen MR) is 70.5 cm³/mol. The normalized spacial score (nSPS) is 30.2. The highest BCUT2D eigenvalue weighted by molar-refractivity contribution is 7.98. The van der Waals surface area contributed by atoms with Crippen LogP contribution in [0.2, 0.25) is 0 Å². The van der Waals surface area contributed by atoms with E-state index in [4.69, 9.17) is 5.73 Å². The molecule has 0 bridgehead atoms. The van der Waals surface area contributed by atoms with E-state index < -0.39 is 0 Å². The number of hydrogen-bond acceptors (Lipinski definition) is 3. The first-order valence-electron chi connectivity index (χ1n) is 6.13. The topological polar surface area (TPSA) is 29.3 Å². The van der Waals surface area contributed by atoms with Crippen molar-refractivity contribution in [1.29, 1.82) is 0 Å². The fraction of sp³-hybridized carbons (Fsp3) is 1.00. The Balaban J connectivity index is 2.50. The largest absolute Gasteiger partial charge is 0.326 e. The van der Waals surface area contributed by atoms with Gasteiger partial charge in [0.25, 0.3) is 0 Å². The summed E-state index contributed by atoms with van der Waals surface area (Å²) in [6.07, 6.45) is 8.72. The molecule has 1 aliphatic carbocycles. The van der Waals surface area contributed by atoms with Crippen molar-refractivity contribution in [3.05, 3.63) is 0 Å². The molecule has 0 amide bonds. The van der Waals surface area contributed by atoms with Crippen LogP contribution < -0.4 is 5.73 Å². The highest BCUT2D eigenvalue weighted by Crippen LogP contribution is 2.22. The van der Waals surface area contributed by atoms with E-state index in [0.717, 1.165) is 0 Å². The Morgan fingerprint density at radius 3 is 2.67 bits per heavy atom. The van der Waals surface area contributed by atoms with Crippen molar-refractivity contribution < 1.29 is 0 Å². The Labute approximate surface area is 99.0 Å². The molecule has 90 valence electrons. The molecule has 0 aliphatic heterocycles. The molecule has 1 saturated carbocycles. The summed E-state index contributed by atoms with van der Waals surface area (Å²) in [6.45, 7) is 2.31. The van der Waals surface area contributed by atoms with Crippen molar-refractivity contribution in [3.63, 3.8) is 0 Å². The second-order valence-corrected chi connectivity index (χ2v) is 5.75. The predicted octanol–water partition coefficient (Wildman–Crippen LogP) is 2.33. The summed E-state index contributed by atoms with van der Waals surface area (Å²) in [4.78, 5) is 2.51. The lowest BCUT2D eigenvalue weighted by molar-refractivity contribution is 0.164. The molecular weight excluding hydrogens is 204 g/mol. The van der Waals surface area contributed by atoms with Gasteiger partial charge in [0.15, 0.2) is 0 Å². The average Bonchev–Trinajstić information content (AvgIpc) is 2.42. The van der Waals surface area contributed by atoms with Crippen LogP contribution in [0.4, 0.5) is 0 Å². The molecule has 0 heterocycles. The van der Waals surface area contributed by atoms with E-state index in [0.29, 0.717) is 18.1 Å². The van der Waals surface area contributed by atoms with Crippen LogP contribution >= 0.6 is 11.8 Å². The third-order valence-corrected chi connectivity index (χ3v) is 4.47. The molecule has 0 radical (unpaired) electrons. The Kier molecular flexibility index (Phi) is 6.02. The molecule has 0 aromatic carbocycles. The van der Waals surface area contributed by atoms with E-state index in [1.54, 1.807) is 0 Å². The second kappa shape index (κ2) is 6.77. The van der Waals surface area contributed by atoms with Gasteiger partial charge in [-0.15, -0.1) is 0 Å². The number of rotatable bonds is 4. The molecule has 0 spiro atoms. The first-order valence-corrected chi connectivity index (χ1v) is 7.52. The van der Waals surface area contributed by atoms with E-state index in [-0.39, 0.29) is 0 Å². The molecule has 0 aromatic heterocycles. The van der Waals surface area contributed by atoms with Crippen LogP contribution in [0.25, 0.3) is 0 Å². The van der Waals surface area contributed by atoms with Gasteiger partial charge in [0.1, 0.15) is 0 Å². The van der Waals surface area contributed by atoms with Crippen LogP contribution in [0, 0.1) is 0 Å². The van der Waals surface area contributed by atoms with Gasteiger partial charge in [-0.05, 0) is 33.1 Å². The van der Waals surface area contributed by atoms with Crippen molar-refractivity contribution in [2.24, 2.45) is 5.73 Å². The van der Waals surface area contributed by atoms with Gasteiger partial charge in [0, 0.05) is 23.9 Å². The van der Waals surface area contributed by atoms with Crippen molar-refractivity contribution in [1.82, 2.24) is 4.90 Å². The molecule has 2 N–H and O–H groups in total. The first kappa shape index (κ1) is 13.3. The Hall–Kier alpha value is 0.270. The summed E-state index contributed by atoms with van der Waals surface area (Å²) in [6, 6.07) is 1.64. The summed E-state index contributed by atoms with van der Waals surface area (Å²) in [7, 11) is 2.25. The first-order chi connectivity index (χ1) is 7.16. The molecule has 3 unspecified atom stereocenters. The third-order valence-electron chi connectivity index (χ3n) is 3.66. The number of nitrogens with zero attached hydrogens (tertiary/aromatic N) is 1. The lowest BCUT2D eigenvalue weighted by atomic mass is 10.0. The monoisotopic (exact) mass is 230 g/mol. The number of hydrogen-bond donors (Lipinski definition) is 1. The van der Waals surface area contributed by atoms with Gasteiger partial charge >= 0.3 is 0 Å². The summed E-state index contributed by atoms with van der Waals surface area (Å²) in [5.41, 5.74) is 6.27. The fourth-order valence-corrected chi connectivity index (χ4v) is 3.23. The summed E-state index contributed by atoms with van der Waals surface area (Å²) in [5, 5.41) is 0. The van der Waals surface area contributed by atoms with Crippen molar-refractivity contribution in [3.8, 4) is 0 Å². The quantitative estimate of drug-likeness (QED) is 0.752. The zero-order valence-electron chi connectivity index (χ0n) is 10.4. The maximum atomic E-state index is 6.27. The number of nitrogens with two attached hydrogens (primary N) is 1. The third kappa shape index (κ3) is 3.97. The number of thioether (sulfide) groups is 1. The molecule has 15 heavy (non-hydrogen) atoms. The summed E-state index contributed by atoms with van der Waals surface area (Å²) >= 11 is 1.93. The van der Waals surface area contributed by atoms with Gasteiger partial charge in [0.05, 0.1) is 0 Å². The smallest absolute Gasteiger partial charge is 0.0247 e. The molecule has 2 nitrogen and oxygen atoms in total. The molecule has 0 aromatic rings.